The number of thiocarbonyl (C=S) groups is 2. The lowest BCUT2D eigenvalue weighted by atomic mass is 10.3. The zero-order valence-electron chi connectivity index (χ0n) is 13.9. The first-order valence-corrected chi connectivity index (χ1v) is 9.44. The Morgan fingerprint density at radius 2 is 0.963 bits per heavy atom. The molecule has 0 radical (unpaired) electrons. The molecule has 130 valence electrons. The highest BCUT2D eigenvalue weighted by atomic mass is 32.1. The molecular weight excluding hydrogens is 392 g/mol. The summed E-state index contributed by atoms with van der Waals surface area (Å²) >= 11 is 10.8. The molecule has 7 heteroatoms. The third-order valence-corrected chi connectivity index (χ3v) is 4.52. The van der Waals surface area contributed by atoms with Crippen molar-refractivity contribution in [2.24, 2.45) is 20.0 Å². The van der Waals surface area contributed by atoms with Gasteiger partial charge in [-0.25, -0.2) is 0 Å². The fourth-order valence-corrected chi connectivity index (χ4v) is 3.08. The maximum absolute atomic E-state index is 4.59. The molecule has 0 bridgehead atoms. The number of nitrogens with zero attached hydrogens (tertiary/aromatic N) is 4. The summed E-state index contributed by atoms with van der Waals surface area (Å²) in [4.78, 5) is 18.9. The van der Waals surface area contributed by atoms with E-state index in [-0.39, 0.29) is 0 Å². The molecule has 1 aromatic heterocycles. The zero-order chi connectivity index (χ0) is 18.9. The fraction of sp³-hybridized carbons (Fsp3) is 0. The molecule has 0 saturated heterocycles. The highest BCUT2D eigenvalue weighted by Gasteiger charge is 1.97. The van der Waals surface area contributed by atoms with Crippen LogP contribution in [-0.4, -0.2) is 22.8 Å². The summed E-state index contributed by atoms with van der Waals surface area (Å²) in [6.45, 7) is 0. The third-order valence-electron chi connectivity index (χ3n) is 3.38. The number of rotatable bonds is 6. The van der Waals surface area contributed by atoms with Gasteiger partial charge in [-0.05, 0) is 85.1 Å². The van der Waals surface area contributed by atoms with Gasteiger partial charge in [-0.3, -0.25) is 9.98 Å². The molecule has 0 spiro atoms. The average Bonchev–Trinajstić information content (AvgIpc) is 3.15. The minimum Gasteiger partial charge on any atom is -0.255 e. The van der Waals surface area contributed by atoms with E-state index in [4.69, 9.17) is 0 Å². The van der Waals surface area contributed by atoms with Gasteiger partial charge in [-0.2, -0.15) is 9.98 Å². The van der Waals surface area contributed by atoms with Gasteiger partial charge in [-0.15, -0.1) is 11.3 Å². The first kappa shape index (κ1) is 18.9. The van der Waals surface area contributed by atoms with Crippen LogP contribution in [-0.2, 0) is 0 Å². The van der Waals surface area contributed by atoms with Crippen molar-refractivity contribution in [1.29, 1.82) is 0 Å². The lowest BCUT2D eigenvalue weighted by Gasteiger charge is -1.94. The maximum atomic E-state index is 4.59. The van der Waals surface area contributed by atoms with E-state index in [1.165, 1.54) is 0 Å². The van der Waals surface area contributed by atoms with Gasteiger partial charge < -0.3 is 0 Å². The molecule has 3 rings (SSSR count). The predicted octanol–water partition coefficient (Wildman–Crippen LogP) is 6.72. The summed E-state index contributed by atoms with van der Waals surface area (Å²) in [6.07, 6.45) is 3.66. The second kappa shape index (κ2) is 9.69. The average molecular weight is 405 g/mol. The fourth-order valence-electron chi connectivity index (χ4n) is 2.12. The summed E-state index contributed by atoms with van der Waals surface area (Å²) in [5.74, 6) is 0. The standard InChI is InChI=1S/C20H12N4S3/c25-13-23-17-5-1-15(2-6-17)21-11-19-9-10-20(27-19)12-22-16-3-7-18(8-4-16)24-14-26/h1-12H. The van der Waals surface area contributed by atoms with Crippen LogP contribution in [0.4, 0.5) is 22.7 Å². The predicted molar refractivity (Wildman–Crippen MR) is 121 cm³/mol. The number of thiophene rings is 1. The van der Waals surface area contributed by atoms with Crippen molar-refractivity contribution in [3.63, 3.8) is 0 Å². The summed E-state index contributed by atoms with van der Waals surface area (Å²) in [5.41, 5.74) is 3.23. The van der Waals surface area contributed by atoms with Crippen LogP contribution in [0.2, 0.25) is 0 Å². The highest BCUT2D eigenvalue weighted by Crippen LogP contribution is 2.21. The molecule has 3 aromatic rings. The minimum absolute atomic E-state index is 0.765. The van der Waals surface area contributed by atoms with Gasteiger partial charge >= 0.3 is 0 Å². The molecule has 0 fully saturated rings. The maximum Gasteiger partial charge on any atom is 0.0741 e. The molecule has 0 saturated carbocycles. The molecule has 2 aromatic carbocycles. The van der Waals surface area contributed by atoms with Crippen LogP contribution in [0.5, 0.6) is 0 Å². The summed E-state index contributed by atoms with van der Waals surface area (Å²) < 4.78 is 0. The van der Waals surface area contributed by atoms with E-state index in [1.54, 1.807) is 11.3 Å². The largest absolute Gasteiger partial charge is 0.255 e. The van der Waals surface area contributed by atoms with E-state index in [2.05, 4.69) is 54.7 Å². The molecular formula is C20H12N4S3. The van der Waals surface area contributed by atoms with Crippen molar-refractivity contribution in [2.75, 3.05) is 0 Å². The van der Waals surface area contributed by atoms with E-state index in [0.29, 0.717) is 0 Å². The summed E-state index contributed by atoms with van der Waals surface area (Å²) in [5, 5.41) is 4.69. The van der Waals surface area contributed by atoms with Gasteiger partial charge in [0.25, 0.3) is 0 Å². The van der Waals surface area contributed by atoms with Crippen LogP contribution in [0, 0.1) is 0 Å². The Bertz CT molecular complexity index is 981. The number of isothiocyanates is 2. The molecule has 0 amide bonds. The van der Waals surface area contributed by atoms with Crippen LogP contribution < -0.4 is 0 Å². The number of hydrogen-bond acceptors (Lipinski definition) is 7. The van der Waals surface area contributed by atoms with Crippen molar-refractivity contribution < 1.29 is 0 Å². The lowest BCUT2D eigenvalue weighted by molar-refractivity contribution is 1.49. The Morgan fingerprint density at radius 3 is 1.33 bits per heavy atom. The van der Waals surface area contributed by atoms with E-state index >= 15 is 0 Å². The normalized spacial score (nSPS) is 10.7. The van der Waals surface area contributed by atoms with Crippen LogP contribution in [0.15, 0.2) is 80.6 Å². The molecule has 0 aliphatic heterocycles. The van der Waals surface area contributed by atoms with E-state index in [0.717, 1.165) is 32.5 Å². The van der Waals surface area contributed by atoms with Gasteiger partial charge in [0.15, 0.2) is 0 Å². The van der Waals surface area contributed by atoms with Gasteiger partial charge in [-0.1, -0.05) is 0 Å². The number of hydrogen-bond donors (Lipinski definition) is 0. The second-order valence-electron chi connectivity index (χ2n) is 5.20. The van der Waals surface area contributed by atoms with Crippen molar-refractivity contribution in [3.8, 4) is 0 Å². The van der Waals surface area contributed by atoms with Crippen LogP contribution in [0.25, 0.3) is 0 Å². The first-order valence-electron chi connectivity index (χ1n) is 7.81. The van der Waals surface area contributed by atoms with E-state index in [1.807, 2.05) is 73.1 Å². The Balaban J connectivity index is 1.65. The van der Waals surface area contributed by atoms with Crippen LogP contribution >= 0.6 is 35.8 Å². The topological polar surface area (TPSA) is 49.4 Å². The molecule has 0 aliphatic rings. The van der Waals surface area contributed by atoms with Crippen molar-refractivity contribution in [3.05, 3.63) is 70.4 Å². The summed E-state index contributed by atoms with van der Waals surface area (Å²) in [7, 11) is 0. The highest BCUT2D eigenvalue weighted by molar-refractivity contribution is 7.78. The SMILES string of the molecule is S=C=Nc1ccc(N=Cc2ccc(C=Nc3ccc(N=C=S)cc3)s2)cc1. The molecule has 0 aliphatic carbocycles. The Kier molecular flexibility index (Phi) is 6.77. The minimum atomic E-state index is 0.765. The molecule has 27 heavy (non-hydrogen) atoms. The Hall–Kier alpha value is -2.92. The van der Waals surface area contributed by atoms with Crippen LogP contribution in [0.3, 0.4) is 0 Å². The van der Waals surface area contributed by atoms with Gasteiger partial charge in [0.1, 0.15) is 0 Å². The van der Waals surface area contributed by atoms with Gasteiger partial charge in [0.05, 0.1) is 33.1 Å². The third kappa shape index (κ3) is 5.79. The molecule has 0 N–H and O–H groups in total. The van der Waals surface area contributed by atoms with Gasteiger partial charge in [0, 0.05) is 22.2 Å². The van der Waals surface area contributed by atoms with Crippen molar-refractivity contribution in [2.45, 2.75) is 0 Å². The van der Waals surface area contributed by atoms with Crippen LogP contribution in [0.1, 0.15) is 9.75 Å². The summed E-state index contributed by atoms with van der Waals surface area (Å²) in [6, 6.07) is 19.0. The smallest absolute Gasteiger partial charge is 0.0741 e. The number of aliphatic imine (C=N–C) groups is 4. The zero-order valence-corrected chi connectivity index (χ0v) is 16.4. The van der Waals surface area contributed by atoms with Crippen molar-refractivity contribution in [1.82, 2.24) is 0 Å². The second-order valence-corrected chi connectivity index (χ2v) is 6.71. The van der Waals surface area contributed by atoms with E-state index in [9.17, 15) is 0 Å². The van der Waals surface area contributed by atoms with Crippen molar-refractivity contribution >= 4 is 81.3 Å². The monoisotopic (exact) mass is 404 g/mol. The first-order chi connectivity index (χ1) is 13.3. The van der Waals surface area contributed by atoms with Gasteiger partial charge in [0.2, 0.25) is 0 Å². The molecule has 4 nitrogen and oxygen atoms in total. The van der Waals surface area contributed by atoms with E-state index < -0.39 is 0 Å². The lowest BCUT2D eigenvalue weighted by Crippen LogP contribution is -1.73. The molecule has 1 heterocycles. The quantitative estimate of drug-likeness (QED) is 0.338. The Morgan fingerprint density at radius 1 is 0.593 bits per heavy atom. The molecule has 0 unspecified atom stereocenters. The number of benzene rings is 2. The Labute approximate surface area is 171 Å². The molecule has 0 atom stereocenters.